The SMILES string of the molecule is [13CH3]C([13CH3])([13CH3])[13CH2]N1[13CH2][13CH2][13CH2][13CH]1C(=O)[15NH]CCC(=O)NCCC(=O)ON1C(=O)CCC1=O. The summed E-state index contributed by atoms with van der Waals surface area (Å²) in [5.74, 6) is -2.23. The van der Waals surface area contributed by atoms with Crippen molar-refractivity contribution in [2.45, 2.75) is 65.3 Å². The van der Waals surface area contributed by atoms with E-state index in [9.17, 15) is 24.0 Å². The van der Waals surface area contributed by atoms with Gasteiger partial charge in [-0.1, -0.05) is 20.8 Å². The van der Waals surface area contributed by atoms with Gasteiger partial charge in [-0.15, -0.1) is 5.06 Å². The van der Waals surface area contributed by atoms with Gasteiger partial charge in [-0.3, -0.25) is 24.1 Å². The molecular formula is C20H32N4O6. The van der Waals surface area contributed by atoms with E-state index in [1.165, 1.54) is 0 Å². The quantitative estimate of drug-likeness (QED) is 0.301. The maximum atomic E-state index is 12.4. The monoisotopic (exact) mass is 433 g/mol. The second-order valence-electron chi connectivity index (χ2n) is 8.88. The molecule has 2 fully saturated rings. The Bertz CT molecular complexity index is 671. The average molecular weight is 433 g/mol. The molecule has 168 valence electrons. The van der Waals surface area contributed by atoms with Crippen LogP contribution < -0.4 is 10.6 Å². The molecule has 0 aromatic rings. The first-order valence-corrected chi connectivity index (χ1v) is 10.4. The predicted octanol–water partition coefficient (Wildman–Crippen LogP) is 0.117. The minimum atomic E-state index is -0.771. The largest absolute Gasteiger partial charge is 0.355 e. The Morgan fingerprint density at radius 3 is 2.30 bits per heavy atom. The van der Waals surface area contributed by atoms with Gasteiger partial charge in [0.05, 0.1) is 12.5 Å². The summed E-state index contributed by atoms with van der Waals surface area (Å²) in [7, 11) is 0. The Morgan fingerprint density at radius 1 is 1.03 bits per heavy atom. The fourth-order valence-corrected chi connectivity index (χ4v) is 3.54. The van der Waals surface area contributed by atoms with Gasteiger partial charge in [0.25, 0.3) is 11.8 Å². The number of hydrogen-bond donors (Lipinski definition) is 2. The number of nitrogens with zero attached hydrogens (tertiary/aromatic N) is 2. The van der Waals surface area contributed by atoms with Gasteiger partial charge < -0.3 is 15.5 Å². The van der Waals surface area contributed by atoms with Crippen molar-refractivity contribution in [1.29, 1.82) is 0 Å². The van der Waals surface area contributed by atoms with Crippen LogP contribution in [0, 0.1) is 5.41 Å². The van der Waals surface area contributed by atoms with E-state index in [0.717, 1.165) is 25.9 Å². The van der Waals surface area contributed by atoms with E-state index < -0.39 is 17.8 Å². The summed E-state index contributed by atoms with van der Waals surface area (Å²) >= 11 is 0. The molecule has 0 radical (unpaired) electrons. The molecule has 10 nitrogen and oxygen atoms in total. The number of likely N-dealkylation sites (tertiary alicyclic amines) is 1. The number of carbonyl (C=O) groups is 5. The average Bonchev–Trinajstić information content (AvgIpc) is 3.21. The van der Waals surface area contributed by atoms with Crippen LogP contribution in [0.4, 0.5) is 0 Å². The van der Waals surface area contributed by atoms with Gasteiger partial charge >= 0.3 is 5.97 Å². The number of amides is 4. The number of nitrogens with one attached hydrogen (secondary N) is 2. The van der Waals surface area contributed by atoms with E-state index >= 15 is 0 Å². The molecule has 2 aliphatic rings. The van der Waals surface area contributed by atoms with E-state index in [4.69, 9.17) is 4.84 Å². The summed E-state index contributed by atoms with van der Waals surface area (Å²) in [5.41, 5.74) is 0.110. The van der Waals surface area contributed by atoms with Crippen molar-refractivity contribution in [3.8, 4) is 0 Å². The zero-order valence-electron chi connectivity index (χ0n) is 18.0. The zero-order valence-corrected chi connectivity index (χ0v) is 18.0. The molecule has 0 bridgehead atoms. The second-order valence-corrected chi connectivity index (χ2v) is 8.88. The molecule has 4 amide bonds. The van der Waals surface area contributed by atoms with Gasteiger partial charge in [0.15, 0.2) is 0 Å². The fourth-order valence-electron chi connectivity index (χ4n) is 3.54. The normalized spacial score (nSPS) is 19.8. The minimum absolute atomic E-state index is 0.0177. The highest BCUT2D eigenvalue weighted by atomic mass is 16.7. The van der Waals surface area contributed by atoms with Crippen molar-refractivity contribution in [1.82, 2.24) is 20.6 Å². The number of carbonyl (C=O) groups excluding carboxylic acids is 5. The molecule has 0 spiro atoms. The molecule has 2 aliphatic heterocycles. The minimum Gasteiger partial charge on any atom is -0.355 e. The Balaban J connectivity index is 1.60. The molecule has 0 saturated carbocycles. The first-order chi connectivity index (χ1) is 14.1. The fraction of sp³-hybridized carbons (Fsp3) is 0.750. The van der Waals surface area contributed by atoms with E-state index in [0.29, 0.717) is 5.06 Å². The van der Waals surface area contributed by atoms with Crippen molar-refractivity contribution in [2.75, 3.05) is 26.2 Å². The third kappa shape index (κ3) is 7.40. The van der Waals surface area contributed by atoms with E-state index in [1.54, 1.807) is 0 Å². The molecule has 2 heterocycles. The maximum absolute atomic E-state index is 12.4. The van der Waals surface area contributed by atoms with Gasteiger partial charge in [-0.25, -0.2) is 4.79 Å². The van der Waals surface area contributed by atoms with Crippen molar-refractivity contribution < 1.29 is 28.8 Å². The third-order valence-corrected chi connectivity index (χ3v) is 4.85. The molecule has 2 saturated heterocycles. The molecule has 2 N–H and O–H groups in total. The summed E-state index contributed by atoms with van der Waals surface area (Å²) in [6, 6.07) is -0.155. The molecule has 2 rings (SSSR count). The topological polar surface area (TPSA) is 125 Å². The van der Waals surface area contributed by atoms with Crippen LogP contribution in [-0.4, -0.2) is 71.8 Å². The van der Waals surface area contributed by atoms with Crippen LogP contribution in [0.5, 0.6) is 0 Å². The van der Waals surface area contributed by atoms with Crippen LogP contribution in [0.15, 0.2) is 0 Å². The Morgan fingerprint density at radius 2 is 1.67 bits per heavy atom. The van der Waals surface area contributed by atoms with Gasteiger partial charge in [-0.05, 0) is 24.8 Å². The highest BCUT2D eigenvalue weighted by molar-refractivity contribution is 6.01. The number of imide groups is 1. The van der Waals surface area contributed by atoms with Gasteiger partial charge in [-0.2, -0.15) is 0 Å². The lowest BCUT2D eigenvalue weighted by Crippen LogP contribution is -2.46. The van der Waals surface area contributed by atoms with Crippen LogP contribution in [0.2, 0.25) is 0 Å². The molecule has 10 heteroatoms. The highest BCUT2D eigenvalue weighted by Gasteiger charge is 2.33. The second kappa shape index (κ2) is 10.5. The molecule has 0 aliphatic carbocycles. The van der Waals surface area contributed by atoms with Crippen molar-refractivity contribution in [2.24, 2.45) is 5.41 Å². The summed E-state index contributed by atoms with van der Waals surface area (Å²) < 4.78 is 0. The van der Waals surface area contributed by atoms with Crippen molar-refractivity contribution in [3.63, 3.8) is 0 Å². The van der Waals surface area contributed by atoms with Gasteiger partial charge in [0.1, 0.15) is 0 Å². The Kier molecular flexibility index (Phi) is 8.33. The molecule has 0 aromatic heterocycles. The lowest BCUT2D eigenvalue weighted by atomic mass is 10.4. The number of hydroxylamine groups is 2. The predicted molar refractivity (Wildman–Crippen MR) is 106 cm³/mol. The molecule has 1 unspecified atom stereocenters. The van der Waals surface area contributed by atoms with Crippen LogP contribution in [0.25, 0.3) is 0 Å². The van der Waals surface area contributed by atoms with E-state index in [1.807, 2.05) is 0 Å². The van der Waals surface area contributed by atoms with Gasteiger partial charge in [0.2, 0.25) is 11.8 Å². The lowest BCUT2D eigenvalue weighted by molar-refractivity contribution is -0.197. The molecule has 1 atom stereocenters. The Hall–Kier alpha value is -2.49. The van der Waals surface area contributed by atoms with E-state index in [-0.39, 0.29) is 62.0 Å². The van der Waals surface area contributed by atoms with Crippen molar-refractivity contribution in [3.05, 3.63) is 0 Å². The summed E-state index contributed by atoms with van der Waals surface area (Å²) in [6.45, 7) is 8.40. The maximum Gasteiger partial charge on any atom is 0.334 e. The first kappa shape index (κ1) is 23.8. The van der Waals surface area contributed by atoms with Gasteiger partial charge in [0, 0.05) is 38.9 Å². The van der Waals surface area contributed by atoms with Crippen molar-refractivity contribution >= 4 is 29.6 Å². The lowest BCUT2D eigenvalue weighted by Gasteiger charge is -2.30. The van der Waals surface area contributed by atoms with Crippen LogP contribution in [0.3, 0.4) is 0 Å². The van der Waals surface area contributed by atoms with Crippen LogP contribution >= 0.6 is 0 Å². The van der Waals surface area contributed by atoms with E-state index in [2.05, 4.69) is 36.3 Å². The first-order valence-electron chi connectivity index (χ1n) is 10.4. The summed E-state index contributed by atoms with van der Waals surface area (Å²) in [6.07, 6.45) is 1.79. The number of hydrogen-bond acceptors (Lipinski definition) is 7. The standard InChI is InChI=1S/C20H32N4O6/c1-20(2,3)13-23-12-4-5-14(23)19(29)22-10-8-15(25)21-11-9-18(28)30-24-16(26)6-7-17(24)27/h14H,4-13H2,1-3H3,(H,21,25)(H,22,29)/i1+1,2+1,3+1,4+1,5+1,12+1,13+1,14+1,22+1. The summed E-state index contributed by atoms with van der Waals surface area (Å²) in [4.78, 5) is 65.7. The molecular weight excluding hydrogens is 401 g/mol. The highest BCUT2D eigenvalue weighted by Crippen LogP contribution is 2.23. The Labute approximate surface area is 176 Å². The number of rotatable bonds is 9. The van der Waals surface area contributed by atoms with Crippen LogP contribution in [-0.2, 0) is 28.8 Å². The summed E-state index contributed by atoms with van der Waals surface area (Å²) in [5, 5.41) is 5.85. The molecule has 0 aromatic carbocycles. The zero-order chi connectivity index (χ0) is 22.3. The van der Waals surface area contributed by atoms with Crippen LogP contribution in [0.1, 0.15) is 59.3 Å². The molecule has 30 heavy (non-hydrogen) atoms. The third-order valence-electron chi connectivity index (χ3n) is 4.85. The smallest absolute Gasteiger partial charge is 0.334 e.